The molecule has 5 nitrogen and oxygen atoms in total. The second kappa shape index (κ2) is 7.65. The summed E-state index contributed by atoms with van der Waals surface area (Å²) in [5.74, 6) is -0.354. The molecule has 4 rings (SSSR count). The Morgan fingerprint density at radius 2 is 1.68 bits per heavy atom. The van der Waals surface area contributed by atoms with Gasteiger partial charge in [-0.1, -0.05) is 42.0 Å². The molecule has 2 heterocycles. The van der Waals surface area contributed by atoms with E-state index in [2.05, 4.69) is 5.32 Å². The van der Waals surface area contributed by atoms with Crippen LogP contribution in [0.25, 0.3) is 0 Å². The number of carbonyl (C=O) groups excluding carboxylic acids is 2. The first-order valence-corrected chi connectivity index (χ1v) is 10.5. The molecule has 158 valence electrons. The van der Waals surface area contributed by atoms with Crippen LogP contribution in [-0.4, -0.2) is 11.8 Å². The fraction of sp³-hybridized carbons (Fsp3) is 0.269. The van der Waals surface area contributed by atoms with E-state index in [0.29, 0.717) is 0 Å². The number of hydrogen-bond acceptors (Lipinski definition) is 2. The minimum absolute atomic E-state index is 0.116. The summed E-state index contributed by atoms with van der Waals surface area (Å²) in [6.07, 6.45) is 1.86. The van der Waals surface area contributed by atoms with E-state index < -0.39 is 5.54 Å². The number of para-hydroxylation sites is 1. The third-order valence-electron chi connectivity index (χ3n) is 6.20. The Morgan fingerprint density at radius 1 is 0.968 bits per heavy atom. The van der Waals surface area contributed by atoms with E-state index in [1.165, 1.54) is 0 Å². The molecule has 2 amide bonds. The van der Waals surface area contributed by atoms with Crippen molar-refractivity contribution in [2.45, 2.75) is 46.7 Å². The Hall–Kier alpha value is -3.47. The quantitative estimate of drug-likeness (QED) is 0.656. The standard InChI is InChI=1S/C26H27N3O2/c1-17-12-13-21(20(4)15-17)29-23(30)16-28-14-7-6-11-22(28)26(29,5)25(31)27-24-18(2)9-8-10-19(24)3/h6-15H,16H2,1-5H3/p+1/t26-/m0/s1. The van der Waals surface area contributed by atoms with Crippen LogP contribution >= 0.6 is 0 Å². The zero-order chi connectivity index (χ0) is 22.3. The van der Waals surface area contributed by atoms with E-state index in [1.54, 1.807) is 4.90 Å². The van der Waals surface area contributed by atoms with Gasteiger partial charge in [0.05, 0.1) is 0 Å². The number of fused-ring (bicyclic) bond motifs is 1. The number of rotatable bonds is 3. The van der Waals surface area contributed by atoms with Crippen LogP contribution in [0.3, 0.4) is 0 Å². The summed E-state index contributed by atoms with van der Waals surface area (Å²) < 4.78 is 1.87. The molecule has 0 bridgehead atoms. The highest BCUT2D eigenvalue weighted by molar-refractivity contribution is 6.09. The summed E-state index contributed by atoms with van der Waals surface area (Å²) in [6, 6.07) is 17.6. The summed E-state index contributed by atoms with van der Waals surface area (Å²) in [4.78, 5) is 29.0. The molecule has 3 aromatic rings. The maximum atomic E-state index is 13.9. The Bertz CT molecular complexity index is 1180. The molecular formula is C26H28N3O2+. The average molecular weight is 415 g/mol. The molecule has 0 fully saturated rings. The molecule has 0 radical (unpaired) electrons. The van der Waals surface area contributed by atoms with Crippen molar-refractivity contribution < 1.29 is 14.2 Å². The molecule has 1 atom stereocenters. The van der Waals surface area contributed by atoms with Crippen LogP contribution in [0.5, 0.6) is 0 Å². The number of amides is 2. The lowest BCUT2D eigenvalue weighted by molar-refractivity contribution is -0.697. The van der Waals surface area contributed by atoms with Crippen LogP contribution in [0.15, 0.2) is 60.8 Å². The lowest BCUT2D eigenvalue weighted by Crippen LogP contribution is -2.67. The molecule has 1 aliphatic rings. The van der Waals surface area contributed by atoms with Crippen LogP contribution in [0, 0.1) is 27.7 Å². The Morgan fingerprint density at radius 3 is 2.35 bits per heavy atom. The van der Waals surface area contributed by atoms with Crippen molar-refractivity contribution in [3.8, 4) is 0 Å². The number of aromatic nitrogens is 1. The minimum atomic E-state index is -1.22. The molecule has 0 aliphatic carbocycles. The Balaban J connectivity index is 1.90. The highest BCUT2D eigenvalue weighted by Crippen LogP contribution is 2.37. The summed E-state index contributed by atoms with van der Waals surface area (Å²) in [6.45, 7) is 9.97. The van der Waals surface area contributed by atoms with E-state index in [0.717, 1.165) is 39.3 Å². The van der Waals surface area contributed by atoms with Gasteiger partial charge in [0.25, 0.3) is 11.8 Å². The predicted octanol–water partition coefficient (Wildman–Crippen LogP) is 4.11. The van der Waals surface area contributed by atoms with E-state index >= 15 is 0 Å². The second-order valence-electron chi connectivity index (χ2n) is 8.53. The van der Waals surface area contributed by atoms with Gasteiger partial charge in [-0.2, -0.15) is 4.57 Å². The SMILES string of the molecule is Cc1ccc(N2C(=O)C[n+]3ccccc3[C@@]2(C)C(=O)Nc2c(C)cccc2C)c(C)c1. The summed E-state index contributed by atoms with van der Waals surface area (Å²) in [5.41, 5.74) is 5.14. The number of benzene rings is 2. The number of pyridine rings is 1. The highest BCUT2D eigenvalue weighted by Gasteiger charge is 2.54. The van der Waals surface area contributed by atoms with Crippen molar-refractivity contribution in [3.63, 3.8) is 0 Å². The van der Waals surface area contributed by atoms with E-state index in [-0.39, 0.29) is 18.4 Å². The van der Waals surface area contributed by atoms with Crippen molar-refractivity contribution in [2.75, 3.05) is 10.2 Å². The average Bonchev–Trinajstić information content (AvgIpc) is 2.72. The normalized spacial score (nSPS) is 18.0. The molecular weight excluding hydrogens is 386 g/mol. The summed E-state index contributed by atoms with van der Waals surface area (Å²) in [5, 5.41) is 3.13. The van der Waals surface area contributed by atoms with Gasteiger partial charge in [-0.25, -0.2) is 0 Å². The monoisotopic (exact) mass is 414 g/mol. The third-order valence-corrected chi connectivity index (χ3v) is 6.20. The fourth-order valence-corrected chi connectivity index (χ4v) is 4.53. The Labute approximate surface area is 183 Å². The van der Waals surface area contributed by atoms with Crippen molar-refractivity contribution in [3.05, 3.63) is 88.7 Å². The van der Waals surface area contributed by atoms with Gasteiger partial charge in [0.1, 0.15) is 0 Å². The zero-order valence-electron chi connectivity index (χ0n) is 18.7. The van der Waals surface area contributed by atoms with Crippen LogP contribution in [0.2, 0.25) is 0 Å². The molecule has 1 aliphatic heterocycles. The molecule has 31 heavy (non-hydrogen) atoms. The fourth-order valence-electron chi connectivity index (χ4n) is 4.53. The second-order valence-corrected chi connectivity index (χ2v) is 8.53. The van der Waals surface area contributed by atoms with E-state index in [4.69, 9.17) is 0 Å². The molecule has 0 saturated heterocycles. The maximum Gasteiger partial charge on any atom is 0.294 e. The summed E-state index contributed by atoms with van der Waals surface area (Å²) in [7, 11) is 0. The highest BCUT2D eigenvalue weighted by atomic mass is 16.2. The molecule has 5 heteroatoms. The van der Waals surface area contributed by atoms with Gasteiger partial charge < -0.3 is 5.32 Å². The first-order chi connectivity index (χ1) is 14.7. The lowest BCUT2D eigenvalue weighted by Gasteiger charge is -2.41. The van der Waals surface area contributed by atoms with Gasteiger partial charge in [-0.15, -0.1) is 0 Å². The zero-order valence-corrected chi connectivity index (χ0v) is 18.7. The Kier molecular flexibility index (Phi) is 5.13. The van der Waals surface area contributed by atoms with E-state index in [9.17, 15) is 9.59 Å². The van der Waals surface area contributed by atoms with Crippen LogP contribution in [0.1, 0.15) is 34.9 Å². The number of nitrogens with one attached hydrogen (secondary N) is 1. The number of aryl methyl sites for hydroxylation is 4. The van der Waals surface area contributed by atoms with Crippen molar-refractivity contribution >= 4 is 23.2 Å². The molecule has 0 unspecified atom stereocenters. The van der Waals surface area contributed by atoms with E-state index in [1.807, 2.05) is 100.0 Å². The van der Waals surface area contributed by atoms with Gasteiger partial charge in [-0.3, -0.25) is 14.5 Å². The first-order valence-electron chi connectivity index (χ1n) is 10.5. The number of carbonyl (C=O) groups is 2. The van der Waals surface area contributed by atoms with Gasteiger partial charge in [0, 0.05) is 23.5 Å². The largest absolute Gasteiger partial charge is 0.323 e. The van der Waals surface area contributed by atoms with Gasteiger partial charge >= 0.3 is 0 Å². The van der Waals surface area contributed by atoms with Crippen molar-refractivity contribution in [1.29, 1.82) is 0 Å². The number of nitrogens with zero attached hydrogens (tertiary/aromatic N) is 2. The van der Waals surface area contributed by atoms with Crippen LogP contribution < -0.4 is 14.8 Å². The van der Waals surface area contributed by atoms with Crippen molar-refractivity contribution in [1.82, 2.24) is 0 Å². The molecule has 0 spiro atoms. The van der Waals surface area contributed by atoms with Crippen LogP contribution in [-0.2, 0) is 21.7 Å². The smallest absolute Gasteiger partial charge is 0.294 e. The molecule has 2 aromatic carbocycles. The lowest BCUT2D eigenvalue weighted by atomic mass is 9.88. The first kappa shape index (κ1) is 20.8. The molecule has 1 aromatic heterocycles. The topological polar surface area (TPSA) is 53.3 Å². The molecule has 1 N–H and O–H groups in total. The number of anilines is 2. The van der Waals surface area contributed by atoms with Crippen LogP contribution in [0.4, 0.5) is 11.4 Å². The van der Waals surface area contributed by atoms with Gasteiger partial charge in [0.2, 0.25) is 17.8 Å². The predicted molar refractivity (Wildman–Crippen MR) is 122 cm³/mol. The van der Waals surface area contributed by atoms with Gasteiger partial charge in [0.15, 0.2) is 6.20 Å². The third kappa shape index (κ3) is 3.40. The maximum absolute atomic E-state index is 13.9. The number of hydrogen-bond donors (Lipinski definition) is 1. The van der Waals surface area contributed by atoms with Crippen molar-refractivity contribution in [2.24, 2.45) is 0 Å². The molecule has 0 saturated carbocycles. The summed E-state index contributed by atoms with van der Waals surface area (Å²) >= 11 is 0. The minimum Gasteiger partial charge on any atom is -0.323 e. The van der Waals surface area contributed by atoms with Gasteiger partial charge in [-0.05, 0) is 57.4 Å².